The van der Waals surface area contributed by atoms with E-state index in [0.717, 1.165) is 19.5 Å². The fraction of sp³-hybridized carbons (Fsp3) is 0.368. The van der Waals surface area contributed by atoms with E-state index in [0.29, 0.717) is 0 Å². The number of aliphatic hydroxyl groups is 1. The van der Waals surface area contributed by atoms with Crippen molar-refractivity contribution in [2.24, 2.45) is 0 Å². The second-order valence-electron chi connectivity index (χ2n) is 5.56. The molecule has 2 aromatic carbocycles. The Balaban J connectivity index is 0.000000159. The van der Waals surface area contributed by atoms with Crippen LogP contribution < -0.4 is 10.6 Å². The van der Waals surface area contributed by atoms with Gasteiger partial charge in [-0.25, -0.2) is 0 Å². The Labute approximate surface area is 133 Å². The van der Waals surface area contributed by atoms with Crippen molar-refractivity contribution in [3.05, 3.63) is 71.8 Å². The van der Waals surface area contributed by atoms with Gasteiger partial charge in [0.05, 0.1) is 6.10 Å². The first-order chi connectivity index (χ1) is 10.8. The van der Waals surface area contributed by atoms with Gasteiger partial charge in [-0.3, -0.25) is 0 Å². The van der Waals surface area contributed by atoms with Crippen LogP contribution in [-0.2, 0) is 6.42 Å². The molecule has 118 valence electrons. The molecule has 4 rings (SSSR count). The zero-order valence-electron chi connectivity index (χ0n) is 13.0. The normalized spacial score (nSPS) is 16.0. The molecule has 0 radical (unpaired) electrons. The molecule has 0 aromatic heterocycles. The second kappa shape index (κ2) is 10.1. The smallest absolute Gasteiger partial charge is 0.0788 e. The predicted octanol–water partition coefficient (Wildman–Crippen LogP) is 2.21. The van der Waals surface area contributed by atoms with Crippen molar-refractivity contribution in [3.63, 3.8) is 0 Å². The van der Waals surface area contributed by atoms with Crippen LogP contribution in [0.15, 0.2) is 60.7 Å². The molecule has 3 nitrogen and oxygen atoms in total. The van der Waals surface area contributed by atoms with E-state index in [-0.39, 0.29) is 6.10 Å². The SMILES string of the molecule is C1CNC1.OC1CNC1.c1ccc(Cc2ccccc2)cc1. The van der Waals surface area contributed by atoms with Crippen molar-refractivity contribution in [1.82, 2.24) is 10.6 Å². The summed E-state index contributed by atoms with van der Waals surface area (Å²) in [6.45, 7) is 4.08. The maximum atomic E-state index is 8.39. The van der Waals surface area contributed by atoms with Gasteiger partial charge in [0, 0.05) is 13.1 Å². The lowest BCUT2D eigenvalue weighted by molar-refractivity contribution is 0.117. The first-order valence-corrected chi connectivity index (χ1v) is 8.02. The molecule has 0 amide bonds. The van der Waals surface area contributed by atoms with Crippen LogP contribution in [0.2, 0.25) is 0 Å². The molecule has 2 aliphatic rings. The van der Waals surface area contributed by atoms with Gasteiger partial charge in [-0.1, -0.05) is 60.7 Å². The summed E-state index contributed by atoms with van der Waals surface area (Å²) in [6.07, 6.45) is 2.37. The van der Waals surface area contributed by atoms with Gasteiger partial charge in [-0.2, -0.15) is 0 Å². The summed E-state index contributed by atoms with van der Waals surface area (Å²) in [5.41, 5.74) is 2.74. The fourth-order valence-corrected chi connectivity index (χ4v) is 1.88. The van der Waals surface area contributed by atoms with Crippen LogP contribution >= 0.6 is 0 Å². The maximum Gasteiger partial charge on any atom is 0.0788 e. The van der Waals surface area contributed by atoms with Gasteiger partial charge in [0.15, 0.2) is 0 Å². The summed E-state index contributed by atoms with van der Waals surface area (Å²) in [5, 5.41) is 14.4. The molecule has 2 aliphatic heterocycles. The molecular formula is C19H26N2O. The average Bonchev–Trinajstić information content (AvgIpc) is 2.46. The highest BCUT2D eigenvalue weighted by Crippen LogP contribution is 2.07. The van der Waals surface area contributed by atoms with Gasteiger partial charge in [-0.15, -0.1) is 0 Å². The van der Waals surface area contributed by atoms with Crippen molar-refractivity contribution >= 4 is 0 Å². The quantitative estimate of drug-likeness (QED) is 0.796. The molecule has 0 saturated carbocycles. The van der Waals surface area contributed by atoms with Gasteiger partial charge in [0.1, 0.15) is 0 Å². The van der Waals surface area contributed by atoms with E-state index < -0.39 is 0 Å². The van der Waals surface area contributed by atoms with E-state index in [4.69, 9.17) is 5.11 Å². The fourth-order valence-electron chi connectivity index (χ4n) is 1.88. The summed E-state index contributed by atoms with van der Waals surface area (Å²) in [6, 6.07) is 21.1. The van der Waals surface area contributed by atoms with Gasteiger partial charge < -0.3 is 15.7 Å². The highest BCUT2D eigenvalue weighted by atomic mass is 16.3. The highest BCUT2D eigenvalue weighted by Gasteiger charge is 2.10. The number of hydrogen-bond donors (Lipinski definition) is 3. The molecule has 0 bridgehead atoms. The lowest BCUT2D eigenvalue weighted by atomic mass is 10.1. The van der Waals surface area contributed by atoms with E-state index in [1.54, 1.807) is 0 Å². The average molecular weight is 298 g/mol. The first kappa shape index (κ1) is 16.7. The van der Waals surface area contributed by atoms with E-state index in [9.17, 15) is 0 Å². The Bertz CT molecular complexity index is 452. The largest absolute Gasteiger partial charge is 0.390 e. The zero-order chi connectivity index (χ0) is 15.5. The van der Waals surface area contributed by atoms with Gasteiger partial charge in [0.25, 0.3) is 0 Å². The molecule has 0 spiro atoms. The molecule has 0 atom stereocenters. The summed E-state index contributed by atoms with van der Waals surface area (Å²) >= 11 is 0. The number of benzene rings is 2. The third kappa shape index (κ3) is 6.85. The van der Waals surface area contributed by atoms with Crippen molar-refractivity contribution < 1.29 is 5.11 Å². The van der Waals surface area contributed by atoms with E-state index in [2.05, 4.69) is 71.3 Å². The Morgan fingerprint density at radius 2 is 1.14 bits per heavy atom. The lowest BCUT2D eigenvalue weighted by Crippen LogP contribution is -2.46. The van der Waals surface area contributed by atoms with Crippen LogP contribution in [0.5, 0.6) is 0 Å². The van der Waals surface area contributed by atoms with Crippen LogP contribution in [0.25, 0.3) is 0 Å². The van der Waals surface area contributed by atoms with Crippen LogP contribution in [-0.4, -0.2) is 37.4 Å². The number of hydrogen-bond acceptors (Lipinski definition) is 3. The zero-order valence-corrected chi connectivity index (χ0v) is 13.0. The van der Waals surface area contributed by atoms with Crippen molar-refractivity contribution in [2.75, 3.05) is 26.2 Å². The minimum atomic E-state index is -0.0463. The van der Waals surface area contributed by atoms with Crippen LogP contribution in [0, 0.1) is 0 Å². The third-order valence-corrected chi connectivity index (χ3v) is 3.56. The highest BCUT2D eigenvalue weighted by molar-refractivity contribution is 5.25. The minimum Gasteiger partial charge on any atom is -0.390 e. The number of nitrogens with one attached hydrogen (secondary N) is 2. The topological polar surface area (TPSA) is 44.3 Å². The molecule has 2 heterocycles. The lowest BCUT2D eigenvalue weighted by Gasteiger charge is -2.20. The Hall–Kier alpha value is -1.68. The Morgan fingerprint density at radius 3 is 1.36 bits per heavy atom. The van der Waals surface area contributed by atoms with E-state index in [1.807, 2.05) is 0 Å². The molecule has 2 fully saturated rings. The maximum absolute atomic E-state index is 8.39. The van der Waals surface area contributed by atoms with Gasteiger partial charge >= 0.3 is 0 Å². The number of aliphatic hydroxyl groups excluding tert-OH is 1. The molecule has 22 heavy (non-hydrogen) atoms. The van der Waals surface area contributed by atoms with Crippen LogP contribution in [0.4, 0.5) is 0 Å². The third-order valence-electron chi connectivity index (χ3n) is 3.56. The van der Waals surface area contributed by atoms with Gasteiger partial charge in [-0.05, 0) is 37.1 Å². The minimum absolute atomic E-state index is 0.0463. The molecule has 0 aliphatic carbocycles. The second-order valence-corrected chi connectivity index (χ2v) is 5.56. The summed E-state index contributed by atoms with van der Waals surface area (Å²) in [7, 11) is 0. The first-order valence-electron chi connectivity index (χ1n) is 8.02. The molecule has 2 saturated heterocycles. The molecular weight excluding hydrogens is 272 g/mol. The molecule has 3 N–H and O–H groups in total. The molecule has 0 unspecified atom stereocenters. The van der Waals surface area contributed by atoms with Crippen molar-refractivity contribution in [1.29, 1.82) is 0 Å². The summed E-state index contributed by atoms with van der Waals surface area (Å²) in [4.78, 5) is 0. The summed E-state index contributed by atoms with van der Waals surface area (Å²) < 4.78 is 0. The molecule has 3 heteroatoms. The Kier molecular flexibility index (Phi) is 7.67. The standard InChI is InChI=1S/C13H12.C3H7NO.C3H7N/c1-3-7-12(8-4-1)11-13-9-5-2-6-10-13;5-3-1-4-2-3;1-2-4-3-1/h1-10H,11H2;3-5H,1-2H2;4H,1-3H2. The van der Waals surface area contributed by atoms with Crippen molar-refractivity contribution in [2.45, 2.75) is 18.9 Å². The monoisotopic (exact) mass is 298 g/mol. The molecule has 2 aromatic rings. The number of β-amino-alcohol motifs (C(OH)–C–C–N with tert-alkyl or cyclic N) is 1. The van der Waals surface area contributed by atoms with E-state index in [1.165, 1.54) is 30.6 Å². The van der Waals surface area contributed by atoms with Crippen LogP contribution in [0.1, 0.15) is 17.5 Å². The van der Waals surface area contributed by atoms with Gasteiger partial charge in [0.2, 0.25) is 0 Å². The number of rotatable bonds is 2. The summed E-state index contributed by atoms with van der Waals surface area (Å²) in [5.74, 6) is 0. The van der Waals surface area contributed by atoms with Crippen molar-refractivity contribution in [3.8, 4) is 0 Å². The van der Waals surface area contributed by atoms with E-state index >= 15 is 0 Å². The predicted molar refractivity (Wildman–Crippen MR) is 92.1 cm³/mol. The Morgan fingerprint density at radius 1 is 0.773 bits per heavy atom. The van der Waals surface area contributed by atoms with Crippen LogP contribution in [0.3, 0.4) is 0 Å².